The average Bonchev–Trinajstić information content (AvgIpc) is 3.28. The van der Waals surface area contributed by atoms with Crippen LogP contribution in [0.15, 0.2) is 0 Å². The third kappa shape index (κ3) is 18.9. The Morgan fingerprint density at radius 1 is 0.754 bits per heavy atom. The lowest BCUT2D eigenvalue weighted by Gasteiger charge is -2.49. The van der Waals surface area contributed by atoms with Crippen LogP contribution in [0.1, 0.15) is 192 Å². The second-order valence-corrected chi connectivity index (χ2v) is 21.9. The number of unbranched alkanes of at least 4 members (excludes halogenated alkanes) is 12. The summed E-state index contributed by atoms with van der Waals surface area (Å²) >= 11 is 0. The zero-order valence-corrected chi connectivity index (χ0v) is 45.2. The van der Waals surface area contributed by atoms with Crippen molar-refractivity contribution in [3.05, 3.63) is 0 Å². The van der Waals surface area contributed by atoms with Gasteiger partial charge in [0.1, 0.15) is 29.7 Å². The number of ketones is 1. The van der Waals surface area contributed by atoms with Gasteiger partial charge in [-0.25, -0.2) is 0 Å². The maximum atomic E-state index is 14.1. The number of esters is 1. The van der Waals surface area contributed by atoms with Crippen LogP contribution in [0.2, 0.25) is 0 Å². The van der Waals surface area contributed by atoms with Crippen LogP contribution < -0.4 is 0 Å². The predicted molar refractivity (Wildman–Crippen MR) is 264 cm³/mol. The molecular formula is C53H99NO15. The van der Waals surface area contributed by atoms with Gasteiger partial charge >= 0.3 is 11.9 Å². The van der Waals surface area contributed by atoms with Gasteiger partial charge in [0, 0.05) is 43.7 Å². The Bertz CT molecular complexity index is 1500. The molecule has 3 fully saturated rings. The number of likely N-dealkylation sites (N-methyl/N-ethyl adjacent to an activating group) is 1. The molecule has 0 aromatic heterocycles. The van der Waals surface area contributed by atoms with Crippen molar-refractivity contribution in [2.45, 2.75) is 276 Å². The van der Waals surface area contributed by atoms with Gasteiger partial charge in [-0.15, -0.1) is 0 Å². The Labute approximate surface area is 415 Å². The molecule has 0 spiro atoms. The van der Waals surface area contributed by atoms with E-state index in [4.69, 9.17) is 33.5 Å². The molecule has 18 atom stereocenters. The van der Waals surface area contributed by atoms with Crippen LogP contribution in [-0.4, -0.2) is 159 Å². The molecule has 0 radical (unpaired) electrons. The first-order valence-corrected chi connectivity index (χ1v) is 26.5. The van der Waals surface area contributed by atoms with Gasteiger partial charge in [0.25, 0.3) is 0 Å². The fourth-order valence-corrected chi connectivity index (χ4v) is 10.7. The van der Waals surface area contributed by atoms with Crippen molar-refractivity contribution in [3.8, 4) is 0 Å². The number of ether oxygens (including phenoxy) is 6. The van der Waals surface area contributed by atoms with Crippen LogP contribution in [0.25, 0.3) is 0 Å². The van der Waals surface area contributed by atoms with Crippen molar-refractivity contribution in [3.63, 3.8) is 0 Å². The molecule has 16 nitrogen and oxygen atoms in total. The highest BCUT2D eigenvalue weighted by Crippen LogP contribution is 2.41. The fraction of sp³-hybridized carbons (Fsp3) is 0.943. The molecule has 0 aromatic rings. The summed E-state index contributed by atoms with van der Waals surface area (Å²) in [7, 11) is 5.18. The van der Waals surface area contributed by atoms with Crippen LogP contribution in [0, 0.1) is 23.7 Å². The van der Waals surface area contributed by atoms with Gasteiger partial charge in [-0.2, -0.15) is 0 Å². The highest BCUT2D eigenvalue weighted by atomic mass is 16.7. The Morgan fingerprint density at radius 2 is 1.29 bits per heavy atom. The molecule has 3 rings (SSSR count). The fourth-order valence-electron chi connectivity index (χ4n) is 10.7. The number of aliphatic hydroxyl groups is 5. The van der Waals surface area contributed by atoms with Crippen molar-refractivity contribution in [2.24, 2.45) is 23.7 Å². The summed E-state index contributed by atoms with van der Waals surface area (Å²) in [5.74, 6) is -5.63. The summed E-state index contributed by atoms with van der Waals surface area (Å²) in [6, 6.07) is -0.324. The number of carbonyl (C=O) groups excluding carboxylic acids is 2. The van der Waals surface area contributed by atoms with E-state index in [9.17, 15) is 39.9 Å². The summed E-state index contributed by atoms with van der Waals surface area (Å²) in [5, 5.41) is 66.1. The first kappa shape index (κ1) is 63.3. The molecule has 0 unspecified atom stereocenters. The Morgan fingerprint density at radius 3 is 1.78 bits per heavy atom. The zero-order valence-electron chi connectivity index (χ0n) is 45.2. The number of methoxy groups -OCH3 is 1. The largest absolute Gasteiger partial charge is 0.481 e. The lowest BCUT2D eigenvalue weighted by molar-refractivity contribution is -0.318. The van der Waals surface area contributed by atoms with E-state index >= 15 is 0 Å². The standard InChI is InChI=1S/C37H67NO13.C16H32O2/c1-14-25-37(10,45)30(41)20(4)27(39)18(2)16-35(8,44)32(51-34-28(40)24(38(11)12)15-19(3)47-34)21(5)29(22(6)33(43)49-25)50-26-17-36(9,46-13)31(42)23(7)48-26;1-2-3-4-5-6-7-8-9-10-11-12-13-14-15-16(17)18/h18-26,28-32,34,40-42,44-45H,14-17H2,1-13H3;2-15H2,1H3,(H,17,18)/t18-,19-,20+,21+,22-,23+,24+,25-,26+,28-,29+,30-,31+,32-,34+,35-,36-,37-;/m1./s1. The molecule has 3 aliphatic heterocycles. The minimum Gasteiger partial charge on any atom is -0.481 e. The van der Waals surface area contributed by atoms with Crippen LogP contribution in [0.5, 0.6) is 0 Å². The predicted octanol–water partition coefficient (Wildman–Crippen LogP) is 7.34. The zero-order chi connectivity index (χ0) is 52.4. The Kier molecular flexibility index (Phi) is 27.3. The first-order valence-electron chi connectivity index (χ1n) is 26.5. The van der Waals surface area contributed by atoms with E-state index in [1.165, 1.54) is 98.5 Å². The van der Waals surface area contributed by atoms with Crippen molar-refractivity contribution in [2.75, 3.05) is 21.2 Å². The molecule has 0 saturated carbocycles. The van der Waals surface area contributed by atoms with Crippen LogP contribution in [0.4, 0.5) is 0 Å². The smallest absolute Gasteiger partial charge is 0.311 e. The monoisotopic (exact) mass is 990 g/mol. The first-order chi connectivity index (χ1) is 32.2. The number of rotatable bonds is 21. The summed E-state index contributed by atoms with van der Waals surface area (Å²) in [5.41, 5.74) is -4.84. The number of Topliss-reactive ketones (excluding diaryl/α,β-unsaturated/α-hetero) is 1. The molecule has 0 amide bonds. The van der Waals surface area contributed by atoms with E-state index in [0.29, 0.717) is 12.8 Å². The minimum absolute atomic E-state index is 0.0936. The number of carboxylic acid groups (broad SMARTS) is 1. The van der Waals surface area contributed by atoms with Crippen molar-refractivity contribution < 1.29 is 73.4 Å². The van der Waals surface area contributed by atoms with E-state index in [1.807, 2.05) is 25.9 Å². The minimum atomic E-state index is -1.99. The molecule has 0 bridgehead atoms. The maximum absolute atomic E-state index is 14.1. The SMILES string of the molecule is CCCCCCCCCCCCCCCC(=O)O.CC[C@H]1OC(=O)[C@H](C)[C@@H](O[C@H]2C[C@@](C)(OC)[C@@H](O)[C@H](C)O2)[C@H](C)[C@@H](O[C@@H]2O[C@H](C)C[C@H](N(C)C)[C@H]2O)[C@](C)(O)C[C@@H](C)C(=O)[C@H](C)[C@@H](O)[C@]1(C)O. The van der Waals surface area contributed by atoms with Gasteiger partial charge in [0.15, 0.2) is 12.6 Å². The summed E-state index contributed by atoms with van der Waals surface area (Å²) in [6.07, 6.45) is 7.56. The van der Waals surface area contributed by atoms with E-state index in [1.54, 1.807) is 41.5 Å². The molecule has 69 heavy (non-hydrogen) atoms. The highest BCUT2D eigenvalue weighted by Gasteiger charge is 2.53. The number of hydrogen-bond donors (Lipinski definition) is 6. The normalized spacial score (nSPS) is 39.6. The number of aliphatic hydroxyl groups excluding tert-OH is 3. The number of nitrogens with zero attached hydrogens (tertiary/aromatic N) is 1. The average molecular weight is 990 g/mol. The molecule has 0 aliphatic carbocycles. The van der Waals surface area contributed by atoms with Gasteiger partial charge in [-0.05, 0) is 81.3 Å². The van der Waals surface area contributed by atoms with Crippen molar-refractivity contribution in [1.82, 2.24) is 4.90 Å². The van der Waals surface area contributed by atoms with E-state index in [2.05, 4.69) is 6.92 Å². The third-order valence-electron chi connectivity index (χ3n) is 15.3. The molecule has 0 aromatic carbocycles. The summed E-state index contributed by atoms with van der Waals surface area (Å²) in [4.78, 5) is 40.1. The van der Waals surface area contributed by atoms with Gasteiger partial charge in [0.2, 0.25) is 0 Å². The van der Waals surface area contributed by atoms with Crippen LogP contribution in [0.3, 0.4) is 0 Å². The van der Waals surface area contributed by atoms with Gasteiger partial charge < -0.3 is 64.0 Å². The number of carbonyl (C=O) groups is 3. The Balaban J connectivity index is 0.000000765. The number of aliphatic carboxylic acids is 1. The third-order valence-corrected chi connectivity index (χ3v) is 15.3. The number of hydrogen-bond acceptors (Lipinski definition) is 15. The maximum Gasteiger partial charge on any atom is 0.311 e. The van der Waals surface area contributed by atoms with Gasteiger partial charge in [-0.3, -0.25) is 14.4 Å². The van der Waals surface area contributed by atoms with E-state index in [0.717, 1.165) is 12.8 Å². The van der Waals surface area contributed by atoms with E-state index in [-0.39, 0.29) is 31.4 Å². The van der Waals surface area contributed by atoms with Crippen molar-refractivity contribution >= 4 is 17.7 Å². The molecule has 3 heterocycles. The lowest BCUT2D eigenvalue weighted by Crippen LogP contribution is -2.61. The second-order valence-electron chi connectivity index (χ2n) is 21.9. The van der Waals surface area contributed by atoms with Crippen LogP contribution in [-0.2, 0) is 42.8 Å². The molecule has 6 N–H and O–H groups in total. The highest BCUT2D eigenvalue weighted by molar-refractivity contribution is 5.83. The molecule has 3 aliphatic rings. The molecular weight excluding hydrogens is 891 g/mol. The molecule has 3 saturated heterocycles. The van der Waals surface area contributed by atoms with Gasteiger partial charge in [0.05, 0.1) is 47.6 Å². The summed E-state index contributed by atoms with van der Waals surface area (Å²) < 4.78 is 37.1. The topological polar surface area (TPSA) is 231 Å². The molecule has 406 valence electrons. The van der Waals surface area contributed by atoms with E-state index < -0.39 is 114 Å². The van der Waals surface area contributed by atoms with Crippen molar-refractivity contribution in [1.29, 1.82) is 0 Å². The number of carboxylic acids is 1. The Hall–Kier alpha value is -1.83. The quantitative estimate of drug-likeness (QED) is 0.0488. The van der Waals surface area contributed by atoms with Gasteiger partial charge in [-0.1, -0.05) is 112 Å². The lowest BCUT2D eigenvalue weighted by atomic mass is 9.74. The molecule has 16 heteroatoms. The summed E-state index contributed by atoms with van der Waals surface area (Å²) in [6.45, 7) is 18.6. The number of cyclic esters (lactones) is 1. The van der Waals surface area contributed by atoms with Crippen LogP contribution >= 0.6 is 0 Å². The second kappa shape index (κ2) is 29.8.